The second-order valence-corrected chi connectivity index (χ2v) is 3.39. The SMILES string of the molecule is O=C(O)c1ccccc1C#CCn1ccnc1. The first-order valence-electron chi connectivity index (χ1n) is 5.04. The number of aromatic carboxylic acids is 1. The van der Waals surface area contributed by atoms with E-state index in [-0.39, 0.29) is 5.56 Å². The first-order valence-corrected chi connectivity index (χ1v) is 5.04. The molecular formula is C13H10N2O2. The maximum absolute atomic E-state index is 10.9. The van der Waals surface area contributed by atoms with Crippen molar-refractivity contribution >= 4 is 5.97 Å². The summed E-state index contributed by atoms with van der Waals surface area (Å²) in [6.45, 7) is 0.494. The lowest BCUT2D eigenvalue weighted by Gasteiger charge is -1.97. The van der Waals surface area contributed by atoms with Gasteiger partial charge in [-0.25, -0.2) is 9.78 Å². The minimum atomic E-state index is -0.961. The normalized spacial score (nSPS) is 9.41. The fourth-order valence-electron chi connectivity index (χ4n) is 1.38. The van der Waals surface area contributed by atoms with E-state index < -0.39 is 5.97 Å². The highest BCUT2D eigenvalue weighted by Crippen LogP contribution is 2.06. The number of benzene rings is 1. The summed E-state index contributed by atoms with van der Waals surface area (Å²) in [5, 5.41) is 8.97. The number of hydrogen-bond donors (Lipinski definition) is 1. The van der Waals surface area contributed by atoms with Gasteiger partial charge in [0.1, 0.15) is 0 Å². The van der Waals surface area contributed by atoms with Gasteiger partial charge in [0.25, 0.3) is 0 Å². The van der Waals surface area contributed by atoms with Gasteiger partial charge < -0.3 is 9.67 Å². The fraction of sp³-hybridized carbons (Fsp3) is 0.0769. The van der Waals surface area contributed by atoms with Gasteiger partial charge in [-0.15, -0.1) is 0 Å². The monoisotopic (exact) mass is 226 g/mol. The molecule has 0 fully saturated rings. The van der Waals surface area contributed by atoms with Gasteiger partial charge in [-0.3, -0.25) is 0 Å². The van der Waals surface area contributed by atoms with Gasteiger partial charge in [0.15, 0.2) is 0 Å². The number of aromatic nitrogens is 2. The lowest BCUT2D eigenvalue weighted by Crippen LogP contribution is -1.99. The van der Waals surface area contributed by atoms with Gasteiger partial charge in [0.05, 0.1) is 18.4 Å². The predicted molar refractivity (Wildman–Crippen MR) is 62.5 cm³/mol. The molecule has 1 aromatic heterocycles. The van der Waals surface area contributed by atoms with Gasteiger partial charge in [-0.05, 0) is 12.1 Å². The topological polar surface area (TPSA) is 55.1 Å². The Morgan fingerprint density at radius 1 is 1.41 bits per heavy atom. The Labute approximate surface area is 98.5 Å². The number of carboxylic acids is 1. The zero-order valence-corrected chi connectivity index (χ0v) is 9.00. The molecule has 4 nitrogen and oxygen atoms in total. The van der Waals surface area contributed by atoms with Gasteiger partial charge in [-0.2, -0.15) is 0 Å². The standard InChI is InChI=1S/C13H10N2O2/c16-13(17)12-6-2-1-4-11(12)5-3-8-15-9-7-14-10-15/h1-2,4,6-7,9-10H,8H2,(H,16,17). The first kappa shape index (κ1) is 11.0. The van der Waals surface area contributed by atoms with Crippen molar-refractivity contribution in [3.05, 3.63) is 54.1 Å². The van der Waals surface area contributed by atoms with Crippen molar-refractivity contribution in [2.75, 3.05) is 0 Å². The summed E-state index contributed by atoms with van der Waals surface area (Å²) in [6, 6.07) is 6.70. The van der Waals surface area contributed by atoms with Crippen LogP contribution in [0.3, 0.4) is 0 Å². The minimum Gasteiger partial charge on any atom is -0.478 e. The molecule has 0 saturated carbocycles. The molecular weight excluding hydrogens is 216 g/mol. The highest BCUT2D eigenvalue weighted by molar-refractivity contribution is 5.90. The minimum absolute atomic E-state index is 0.227. The number of carboxylic acid groups (broad SMARTS) is 1. The van der Waals surface area contributed by atoms with Crippen molar-refractivity contribution < 1.29 is 9.90 Å². The van der Waals surface area contributed by atoms with E-state index in [0.29, 0.717) is 12.1 Å². The van der Waals surface area contributed by atoms with E-state index in [4.69, 9.17) is 5.11 Å². The van der Waals surface area contributed by atoms with E-state index in [2.05, 4.69) is 16.8 Å². The van der Waals surface area contributed by atoms with E-state index >= 15 is 0 Å². The summed E-state index contributed by atoms with van der Waals surface area (Å²) in [4.78, 5) is 14.8. The van der Waals surface area contributed by atoms with Gasteiger partial charge in [0.2, 0.25) is 0 Å². The number of nitrogens with zero attached hydrogens (tertiary/aromatic N) is 2. The molecule has 2 aromatic rings. The maximum atomic E-state index is 10.9. The molecule has 0 spiro atoms. The molecule has 4 heteroatoms. The van der Waals surface area contributed by atoms with Crippen LogP contribution in [0.2, 0.25) is 0 Å². The number of carbonyl (C=O) groups is 1. The number of imidazole rings is 1. The molecule has 0 aliphatic rings. The van der Waals surface area contributed by atoms with Gasteiger partial charge >= 0.3 is 5.97 Å². The second-order valence-electron chi connectivity index (χ2n) is 3.39. The summed E-state index contributed by atoms with van der Waals surface area (Å²) in [6.07, 6.45) is 5.14. The molecule has 1 aromatic carbocycles. The van der Waals surface area contributed by atoms with E-state index in [1.54, 1.807) is 43.0 Å². The zero-order chi connectivity index (χ0) is 12.1. The van der Waals surface area contributed by atoms with Crippen molar-refractivity contribution in [3.63, 3.8) is 0 Å². The van der Waals surface area contributed by atoms with Crippen LogP contribution in [0, 0.1) is 11.8 Å². The third-order valence-electron chi connectivity index (χ3n) is 2.20. The average Bonchev–Trinajstić information content (AvgIpc) is 2.82. The van der Waals surface area contributed by atoms with Crippen molar-refractivity contribution in [2.45, 2.75) is 6.54 Å². The smallest absolute Gasteiger partial charge is 0.336 e. The van der Waals surface area contributed by atoms with Crippen LogP contribution in [0.25, 0.3) is 0 Å². The molecule has 17 heavy (non-hydrogen) atoms. The van der Waals surface area contributed by atoms with Crippen LogP contribution in [-0.2, 0) is 6.54 Å². The summed E-state index contributed by atoms with van der Waals surface area (Å²) in [5.41, 5.74) is 0.755. The largest absolute Gasteiger partial charge is 0.478 e. The van der Waals surface area contributed by atoms with E-state index in [0.717, 1.165) is 0 Å². The summed E-state index contributed by atoms with van der Waals surface area (Å²) in [5.74, 6) is 4.80. The first-order chi connectivity index (χ1) is 8.27. The van der Waals surface area contributed by atoms with Crippen molar-refractivity contribution in [3.8, 4) is 11.8 Å². The van der Waals surface area contributed by atoms with Gasteiger partial charge in [0, 0.05) is 18.0 Å². The highest BCUT2D eigenvalue weighted by atomic mass is 16.4. The van der Waals surface area contributed by atoms with Crippen LogP contribution >= 0.6 is 0 Å². The molecule has 0 atom stereocenters. The van der Waals surface area contributed by atoms with E-state index in [1.807, 2.05) is 4.57 Å². The molecule has 0 bridgehead atoms. The van der Waals surface area contributed by atoms with Crippen LogP contribution in [0.4, 0.5) is 0 Å². The van der Waals surface area contributed by atoms with E-state index in [1.165, 1.54) is 0 Å². The Morgan fingerprint density at radius 3 is 2.94 bits per heavy atom. The fourth-order valence-corrected chi connectivity index (χ4v) is 1.38. The zero-order valence-electron chi connectivity index (χ0n) is 9.00. The summed E-state index contributed by atoms with van der Waals surface area (Å²) >= 11 is 0. The number of hydrogen-bond acceptors (Lipinski definition) is 2. The van der Waals surface area contributed by atoms with Crippen LogP contribution < -0.4 is 0 Å². The molecule has 0 aliphatic carbocycles. The predicted octanol–water partition coefficient (Wildman–Crippen LogP) is 1.63. The highest BCUT2D eigenvalue weighted by Gasteiger charge is 2.05. The van der Waals surface area contributed by atoms with Crippen molar-refractivity contribution in [1.29, 1.82) is 0 Å². The van der Waals surface area contributed by atoms with Crippen molar-refractivity contribution in [2.24, 2.45) is 0 Å². The lowest BCUT2D eigenvalue weighted by atomic mass is 10.1. The lowest BCUT2D eigenvalue weighted by molar-refractivity contribution is 0.0696. The second kappa shape index (κ2) is 4.99. The Kier molecular flexibility index (Phi) is 3.22. The molecule has 84 valence electrons. The molecule has 2 rings (SSSR count). The Balaban J connectivity index is 2.19. The van der Waals surface area contributed by atoms with Crippen LogP contribution in [0.5, 0.6) is 0 Å². The Morgan fingerprint density at radius 2 is 2.24 bits per heavy atom. The summed E-state index contributed by atoms with van der Waals surface area (Å²) in [7, 11) is 0. The molecule has 1 heterocycles. The third-order valence-corrected chi connectivity index (χ3v) is 2.20. The summed E-state index contributed by atoms with van der Waals surface area (Å²) < 4.78 is 1.82. The number of rotatable bonds is 2. The van der Waals surface area contributed by atoms with E-state index in [9.17, 15) is 4.79 Å². The maximum Gasteiger partial charge on any atom is 0.336 e. The van der Waals surface area contributed by atoms with Gasteiger partial charge in [-0.1, -0.05) is 24.0 Å². The molecule has 0 unspecified atom stereocenters. The molecule has 0 saturated heterocycles. The Bertz CT molecular complexity index is 577. The quantitative estimate of drug-likeness (QED) is 0.792. The molecule has 0 radical (unpaired) electrons. The molecule has 1 N–H and O–H groups in total. The van der Waals surface area contributed by atoms with Crippen molar-refractivity contribution in [1.82, 2.24) is 9.55 Å². The Hall–Kier alpha value is -2.54. The molecule has 0 amide bonds. The molecule has 0 aliphatic heterocycles. The third kappa shape index (κ3) is 2.73. The van der Waals surface area contributed by atoms with Crippen LogP contribution in [0.15, 0.2) is 43.0 Å². The van der Waals surface area contributed by atoms with Crippen LogP contribution in [0.1, 0.15) is 15.9 Å². The average molecular weight is 226 g/mol. The van der Waals surface area contributed by atoms with Crippen LogP contribution in [-0.4, -0.2) is 20.6 Å².